The van der Waals surface area contributed by atoms with Crippen molar-refractivity contribution >= 4 is 28.8 Å². The van der Waals surface area contributed by atoms with Gasteiger partial charge in [0.1, 0.15) is 5.82 Å². The van der Waals surface area contributed by atoms with Crippen LogP contribution in [0.3, 0.4) is 0 Å². The molecule has 3 atom stereocenters. The summed E-state index contributed by atoms with van der Waals surface area (Å²) in [5.41, 5.74) is 4.96. The smallest absolute Gasteiger partial charge is 0.414 e. The number of fused-ring (bicyclic) bond motifs is 3. The van der Waals surface area contributed by atoms with Gasteiger partial charge >= 0.3 is 12.1 Å². The molecule has 0 unspecified atom stereocenters. The molecule has 1 fully saturated rings. The van der Waals surface area contributed by atoms with Gasteiger partial charge in [0.25, 0.3) is 0 Å². The van der Waals surface area contributed by atoms with Crippen LogP contribution in [0.15, 0.2) is 24.5 Å². The van der Waals surface area contributed by atoms with Gasteiger partial charge in [0.2, 0.25) is 0 Å². The second-order valence-corrected chi connectivity index (χ2v) is 9.94. The summed E-state index contributed by atoms with van der Waals surface area (Å²) in [4.78, 5) is 31.2. The molecule has 0 radical (unpaired) electrons. The van der Waals surface area contributed by atoms with Crippen molar-refractivity contribution in [2.45, 2.75) is 77.4 Å². The van der Waals surface area contributed by atoms with Crippen molar-refractivity contribution in [2.24, 2.45) is 5.92 Å². The highest BCUT2D eigenvalue weighted by Gasteiger charge is 2.34. The highest BCUT2D eigenvalue weighted by molar-refractivity contribution is 5.95. The normalized spacial score (nSPS) is 22.3. The van der Waals surface area contributed by atoms with Gasteiger partial charge in [0.15, 0.2) is 0 Å². The van der Waals surface area contributed by atoms with Crippen LogP contribution in [-0.2, 0) is 28.9 Å². The molecule has 5 rings (SSSR count). The molecule has 0 spiro atoms. The third-order valence-corrected chi connectivity index (χ3v) is 7.59. The molecule has 1 N–H and O–H groups in total. The molecule has 1 saturated carbocycles. The molecule has 2 aromatic heterocycles. The van der Waals surface area contributed by atoms with Gasteiger partial charge in [-0.25, -0.2) is 9.78 Å². The molecule has 3 heterocycles. The predicted molar refractivity (Wildman–Crippen MR) is 132 cm³/mol. The highest BCUT2D eigenvalue weighted by Crippen LogP contribution is 2.40. The topological polar surface area (TPSA) is 102 Å². The fourth-order valence-corrected chi connectivity index (χ4v) is 5.83. The number of carboxylic acids is 1. The van der Waals surface area contributed by atoms with E-state index in [-0.39, 0.29) is 24.1 Å². The second kappa shape index (κ2) is 9.36. The number of nitrogens with zero attached hydrogens (tertiary/aromatic N) is 5. The summed E-state index contributed by atoms with van der Waals surface area (Å²) in [6.45, 7) is 4.75. The number of methoxy groups -OCH3 is 1. The zero-order valence-electron chi connectivity index (χ0n) is 20.6. The summed E-state index contributed by atoms with van der Waals surface area (Å²) in [6.07, 6.45) is 9.02. The van der Waals surface area contributed by atoms with Crippen LogP contribution in [0.4, 0.5) is 10.5 Å². The Morgan fingerprint density at radius 1 is 1.23 bits per heavy atom. The molecule has 35 heavy (non-hydrogen) atoms. The minimum atomic E-state index is -0.715. The standard InChI is InChI=1S/C26H33N5O4/c1-16-14-27-29(15-16)12-11-23-28-24-20-8-7-17(2)30(26(34)35-3)21(20)9-10-22(24)31(23)19-6-4-5-18(13-19)25(32)33/h9-10,14-15,17-19H,4-8,11-13H2,1-3H3,(H,32,33)/t17-,18+,19+/m0/s1. The largest absolute Gasteiger partial charge is 0.481 e. The van der Waals surface area contributed by atoms with E-state index in [1.165, 1.54) is 7.11 Å². The number of imidazole rings is 1. The number of aryl methyl sites for hydroxylation is 4. The first-order chi connectivity index (χ1) is 16.9. The molecule has 1 aliphatic heterocycles. The Morgan fingerprint density at radius 3 is 2.77 bits per heavy atom. The van der Waals surface area contributed by atoms with Gasteiger partial charge in [-0.3, -0.25) is 14.4 Å². The molecule has 9 heteroatoms. The molecule has 0 bridgehead atoms. The van der Waals surface area contributed by atoms with Gasteiger partial charge < -0.3 is 14.4 Å². The molecular formula is C26H33N5O4. The molecule has 0 saturated heterocycles. The average molecular weight is 480 g/mol. The van der Waals surface area contributed by atoms with E-state index in [1.54, 1.807) is 4.90 Å². The Labute approximate surface area is 204 Å². The van der Waals surface area contributed by atoms with Crippen LogP contribution in [0, 0.1) is 12.8 Å². The quantitative estimate of drug-likeness (QED) is 0.578. The number of amides is 1. The molecule has 2 aliphatic rings. The van der Waals surface area contributed by atoms with Crippen molar-refractivity contribution in [3.05, 3.63) is 41.5 Å². The van der Waals surface area contributed by atoms with E-state index in [2.05, 4.69) is 9.67 Å². The number of aliphatic carboxylic acids is 1. The van der Waals surface area contributed by atoms with Crippen molar-refractivity contribution in [1.82, 2.24) is 19.3 Å². The van der Waals surface area contributed by atoms with E-state index in [0.29, 0.717) is 19.4 Å². The van der Waals surface area contributed by atoms with E-state index in [9.17, 15) is 14.7 Å². The maximum atomic E-state index is 12.6. The Kier molecular flexibility index (Phi) is 6.25. The molecular weight excluding hydrogens is 446 g/mol. The van der Waals surface area contributed by atoms with Gasteiger partial charge in [-0.15, -0.1) is 0 Å². The molecule has 1 amide bonds. The number of rotatable bonds is 5. The van der Waals surface area contributed by atoms with Crippen LogP contribution in [-0.4, -0.2) is 49.7 Å². The minimum Gasteiger partial charge on any atom is -0.481 e. The van der Waals surface area contributed by atoms with Crippen molar-refractivity contribution < 1.29 is 19.4 Å². The molecule has 3 aromatic rings. The summed E-state index contributed by atoms with van der Waals surface area (Å²) in [5, 5.41) is 14.1. The number of anilines is 1. The van der Waals surface area contributed by atoms with Gasteiger partial charge in [0, 0.05) is 36.8 Å². The lowest BCUT2D eigenvalue weighted by atomic mass is 9.85. The van der Waals surface area contributed by atoms with E-state index < -0.39 is 5.97 Å². The van der Waals surface area contributed by atoms with Crippen molar-refractivity contribution in [3.8, 4) is 0 Å². The molecule has 9 nitrogen and oxygen atoms in total. The molecule has 1 aromatic carbocycles. The zero-order chi connectivity index (χ0) is 24.7. The number of benzene rings is 1. The Hall–Kier alpha value is -3.36. The number of carboxylic acid groups (broad SMARTS) is 1. The first-order valence-electron chi connectivity index (χ1n) is 12.5. The zero-order valence-corrected chi connectivity index (χ0v) is 20.6. The number of aromatic nitrogens is 4. The lowest BCUT2D eigenvalue weighted by Crippen LogP contribution is -2.42. The van der Waals surface area contributed by atoms with Crippen molar-refractivity contribution in [2.75, 3.05) is 12.0 Å². The van der Waals surface area contributed by atoms with Crippen LogP contribution in [0.2, 0.25) is 0 Å². The SMILES string of the molecule is COC(=O)N1c2ccc3c(nc(CCn4cc(C)cn4)n3[C@@H]3CCC[C@@H](C(=O)O)C3)c2CC[C@@H]1C. The lowest BCUT2D eigenvalue weighted by Gasteiger charge is -2.34. The van der Waals surface area contributed by atoms with E-state index >= 15 is 0 Å². The first-order valence-corrected chi connectivity index (χ1v) is 12.5. The summed E-state index contributed by atoms with van der Waals surface area (Å²) in [5.74, 6) is -0.102. The summed E-state index contributed by atoms with van der Waals surface area (Å²) >= 11 is 0. The molecule has 186 valence electrons. The highest BCUT2D eigenvalue weighted by atomic mass is 16.5. The monoisotopic (exact) mass is 479 g/mol. The number of carbonyl (C=O) groups excluding carboxylic acids is 1. The van der Waals surface area contributed by atoms with Gasteiger partial charge in [-0.05, 0) is 63.6 Å². The van der Waals surface area contributed by atoms with Gasteiger partial charge in [-0.1, -0.05) is 6.42 Å². The number of carbonyl (C=O) groups is 2. The number of ether oxygens (including phenoxy) is 1. The van der Waals surface area contributed by atoms with Crippen LogP contribution in [0.5, 0.6) is 0 Å². The maximum Gasteiger partial charge on any atom is 0.414 e. The van der Waals surface area contributed by atoms with Crippen LogP contribution in [0.25, 0.3) is 11.0 Å². The average Bonchev–Trinajstić information content (AvgIpc) is 3.44. The van der Waals surface area contributed by atoms with Crippen LogP contribution >= 0.6 is 0 Å². The Bertz CT molecular complexity index is 1260. The van der Waals surface area contributed by atoms with Gasteiger partial charge in [-0.2, -0.15) is 5.10 Å². The fourth-order valence-electron chi connectivity index (χ4n) is 5.83. The van der Waals surface area contributed by atoms with Crippen LogP contribution in [0.1, 0.15) is 62.0 Å². The third-order valence-electron chi connectivity index (χ3n) is 7.59. The van der Waals surface area contributed by atoms with E-state index in [0.717, 1.165) is 65.8 Å². The Morgan fingerprint density at radius 2 is 2.06 bits per heavy atom. The van der Waals surface area contributed by atoms with Crippen molar-refractivity contribution in [3.63, 3.8) is 0 Å². The van der Waals surface area contributed by atoms with Gasteiger partial charge in [0.05, 0.1) is 35.9 Å². The number of hydrogen-bond donors (Lipinski definition) is 1. The first kappa shape index (κ1) is 23.4. The predicted octanol–water partition coefficient (Wildman–Crippen LogP) is 4.51. The van der Waals surface area contributed by atoms with E-state index in [1.807, 2.05) is 43.1 Å². The van der Waals surface area contributed by atoms with Crippen molar-refractivity contribution in [1.29, 1.82) is 0 Å². The summed E-state index contributed by atoms with van der Waals surface area (Å²) in [6, 6.07) is 4.18. The second-order valence-electron chi connectivity index (χ2n) is 9.94. The van der Waals surface area contributed by atoms with Crippen LogP contribution < -0.4 is 4.90 Å². The minimum absolute atomic E-state index is 0.0479. The summed E-state index contributed by atoms with van der Waals surface area (Å²) in [7, 11) is 1.41. The Balaban J connectivity index is 1.60. The number of hydrogen-bond acceptors (Lipinski definition) is 5. The third kappa shape index (κ3) is 4.28. The fraction of sp³-hybridized carbons (Fsp3) is 0.538. The maximum absolute atomic E-state index is 12.6. The van der Waals surface area contributed by atoms with E-state index in [4.69, 9.17) is 9.72 Å². The summed E-state index contributed by atoms with van der Waals surface area (Å²) < 4.78 is 9.28. The lowest BCUT2D eigenvalue weighted by molar-refractivity contribution is -0.143. The molecule has 1 aliphatic carbocycles.